The van der Waals surface area contributed by atoms with Crippen molar-refractivity contribution in [2.75, 3.05) is 6.54 Å². The Kier molecular flexibility index (Phi) is 5.19. The van der Waals surface area contributed by atoms with Crippen molar-refractivity contribution in [3.63, 3.8) is 0 Å². The highest BCUT2D eigenvalue weighted by Crippen LogP contribution is 2.24. The van der Waals surface area contributed by atoms with E-state index in [-0.39, 0.29) is 0 Å². The van der Waals surface area contributed by atoms with E-state index in [1.807, 2.05) is 31.2 Å². The number of thioether (sulfide) groups is 1. The number of nitrogens with zero attached hydrogens (tertiary/aromatic N) is 2. The molecule has 4 heteroatoms. The van der Waals surface area contributed by atoms with Crippen LogP contribution in [0.3, 0.4) is 0 Å². The Labute approximate surface area is 96.7 Å². The van der Waals surface area contributed by atoms with E-state index in [0.717, 1.165) is 18.1 Å². The summed E-state index contributed by atoms with van der Waals surface area (Å²) in [4.78, 5) is 4.33. The molecule has 86 valence electrons. The molecule has 1 N–H and O–H groups in total. The van der Waals surface area contributed by atoms with Crippen LogP contribution < -0.4 is 5.32 Å². The molecule has 1 aromatic rings. The van der Waals surface area contributed by atoms with Gasteiger partial charge in [0.05, 0.1) is 0 Å². The van der Waals surface area contributed by atoms with Gasteiger partial charge in [0.15, 0.2) is 5.16 Å². The fraction of sp³-hybridized carbons (Fsp3) is 0.727. The topological polar surface area (TPSA) is 29.9 Å². The summed E-state index contributed by atoms with van der Waals surface area (Å²) in [5.41, 5.74) is 0. The SMILES string of the molecule is CCNC(CC)C(C)Sc1nccn1C. The Hall–Kier alpha value is -0.480. The lowest BCUT2D eigenvalue weighted by molar-refractivity contribution is 0.508. The van der Waals surface area contributed by atoms with Crippen molar-refractivity contribution in [2.24, 2.45) is 7.05 Å². The molecule has 1 rings (SSSR count). The lowest BCUT2D eigenvalue weighted by Crippen LogP contribution is -2.36. The maximum atomic E-state index is 4.33. The van der Waals surface area contributed by atoms with Gasteiger partial charge < -0.3 is 9.88 Å². The summed E-state index contributed by atoms with van der Waals surface area (Å²) in [6.07, 6.45) is 5.00. The van der Waals surface area contributed by atoms with Crippen LogP contribution in [0.25, 0.3) is 0 Å². The molecule has 0 amide bonds. The van der Waals surface area contributed by atoms with Gasteiger partial charge in [-0.25, -0.2) is 4.98 Å². The summed E-state index contributed by atoms with van der Waals surface area (Å²) in [6.45, 7) is 7.67. The molecule has 3 nitrogen and oxygen atoms in total. The number of imidazole rings is 1. The number of aromatic nitrogens is 2. The van der Waals surface area contributed by atoms with E-state index in [0.29, 0.717) is 11.3 Å². The normalized spacial score (nSPS) is 15.2. The summed E-state index contributed by atoms with van der Waals surface area (Å²) in [5.74, 6) is 0. The molecule has 0 aliphatic carbocycles. The Morgan fingerprint density at radius 3 is 2.73 bits per heavy atom. The van der Waals surface area contributed by atoms with Gasteiger partial charge in [0, 0.05) is 30.7 Å². The van der Waals surface area contributed by atoms with Gasteiger partial charge in [-0.15, -0.1) is 0 Å². The molecule has 0 bridgehead atoms. The van der Waals surface area contributed by atoms with E-state index < -0.39 is 0 Å². The third-order valence-corrected chi connectivity index (χ3v) is 3.85. The molecule has 2 atom stereocenters. The summed E-state index contributed by atoms with van der Waals surface area (Å²) < 4.78 is 2.07. The van der Waals surface area contributed by atoms with Crippen LogP contribution in [-0.2, 0) is 7.05 Å². The van der Waals surface area contributed by atoms with Crippen LogP contribution in [0, 0.1) is 0 Å². The molecule has 15 heavy (non-hydrogen) atoms. The Morgan fingerprint density at radius 2 is 2.27 bits per heavy atom. The van der Waals surface area contributed by atoms with Gasteiger partial charge in [0.2, 0.25) is 0 Å². The second-order valence-corrected chi connectivity index (χ2v) is 5.06. The van der Waals surface area contributed by atoms with Crippen LogP contribution in [0.4, 0.5) is 0 Å². The second-order valence-electron chi connectivity index (χ2n) is 3.72. The largest absolute Gasteiger partial charge is 0.329 e. The molecule has 0 fully saturated rings. The molecule has 0 aliphatic heterocycles. The quantitative estimate of drug-likeness (QED) is 0.756. The van der Waals surface area contributed by atoms with Crippen molar-refractivity contribution in [3.8, 4) is 0 Å². The third kappa shape index (κ3) is 3.54. The predicted molar refractivity (Wildman–Crippen MR) is 66.3 cm³/mol. The van der Waals surface area contributed by atoms with Crippen molar-refractivity contribution in [1.82, 2.24) is 14.9 Å². The van der Waals surface area contributed by atoms with E-state index in [1.165, 1.54) is 0 Å². The molecule has 0 radical (unpaired) electrons. The van der Waals surface area contributed by atoms with Crippen LogP contribution >= 0.6 is 11.8 Å². The average molecular weight is 227 g/mol. The monoisotopic (exact) mass is 227 g/mol. The number of hydrogen-bond acceptors (Lipinski definition) is 3. The zero-order chi connectivity index (χ0) is 11.3. The number of rotatable bonds is 6. The predicted octanol–water partition coefficient (Wildman–Crippen LogP) is 2.29. The first kappa shape index (κ1) is 12.6. The highest BCUT2D eigenvalue weighted by atomic mass is 32.2. The molecule has 1 heterocycles. The van der Waals surface area contributed by atoms with E-state index in [9.17, 15) is 0 Å². The van der Waals surface area contributed by atoms with Crippen molar-refractivity contribution >= 4 is 11.8 Å². The van der Waals surface area contributed by atoms with E-state index >= 15 is 0 Å². The molecule has 0 saturated heterocycles. The van der Waals surface area contributed by atoms with Gasteiger partial charge in [-0.1, -0.05) is 32.5 Å². The number of aryl methyl sites for hydroxylation is 1. The minimum atomic E-state index is 0.552. The fourth-order valence-electron chi connectivity index (χ4n) is 1.62. The van der Waals surface area contributed by atoms with Gasteiger partial charge in [0.1, 0.15) is 0 Å². The summed E-state index contributed by atoms with van der Waals surface area (Å²) in [5, 5.41) is 5.15. The third-order valence-electron chi connectivity index (χ3n) is 2.54. The lowest BCUT2D eigenvalue weighted by atomic mass is 10.2. The summed E-state index contributed by atoms with van der Waals surface area (Å²) in [7, 11) is 2.04. The van der Waals surface area contributed by atoms with Crippen molar-refractivity contribution in [3.05, 3.63) is 12.4 Å². The van der Waals surface area contributed by atoms with Crippen LogP contribution in [0.5, 0.6) is 0 Å². The maximum Gasteiger partial charge on any atom is 0.167 e. The highest BCUT2D eigenvalue weighted by molar-refractivity contribution is 7.99. The Bertz CT molecular complexity index is 285. The molecule has 0 aliphatic rings. The minimum Gasteiger partial charge on any atom is -0.329 e. The fourth-order valence-corrected chi connectivity index (χ4v) is 2.75. The molecule has 2 unspecified atom stereocenters. The molecule has 0 spiro atoms. The number of nitrogens with one attached hydrogen (secondary N) is 1. The minimum absolute atomic E-state index is 0.552. The van der Waals surface area contributed by atoms with Gasteiger partial charge >= 0.3 is 0 Å². The zero-order valence-corrected chi connectivity index (χ0v) is 10.8. The van der Waals surface area contributed by atoms with Crippen LogP contribution in [0.2, 0.25) is 0 Å². The Balaban J connectivity index is 2.53. The first-order valence-electron chi connectivity index (χ1n) is 5.56. The average Bonchev–Trinajstić information content (AvgIpc) is 2.60. The van der Waals surface area contributed by atoms with E-state index in [1.54, 1.807) is 0 Å². The number of hydrogen-bond donors (Lipinski definition) is 1. The highest BCUT2D eigenvalue weighted by Gasteiger charge is 2.16. The first-order chi connectivity index (χ1) is 7.19. The zero-order valence-electron chi connectivity index (χ0n) is 10.0. The smallest absolute Gasteiger partial charge is 0.167 e. The summed E-state index contributed by atoms with van der Waals surface area (Å²) in [6, 6.07) is 0.566. The van der Waals surface area contributed by atoms with E-state index in [4.69, 9.17) is 0 Å². The van der Waals surface area contributed by atoms with Crippen LogP contribution in [0.1, 0.15) is 27.2 Å². The molecular weight excluding hydrogens is 206 g/mol. The molecule has 1 aromatic heterocycles. The second kappa shape index (κ2) is 6.18. The maximum absolute atomic E-state index is 4.33. The molecular formula is C11H21N3S. The van der Waals surface area contributed by atoms with Crippen LogP contribution in [0.15, 0.2) is 17.6 Å². The van der Waals surface area contributed by atoms with Crippen molar-refractivity contribution in [2.45, 2.75) is 43.6 Å². The van der Waals surface area contributed by atoms with E-state index in [2.05, 4.69) is 35.6 Å². The standard InChI is InChI=1S/C11H21N3S/c1-5-10(12-6-2)9(3)15-11-13-7-8-14(11)4/h7-10,12H,5-6H2,1-4H3. The van der Waals surface area contributed by atoms with Gasteiger partial charge in [-0.3, -0.25) is 0 Å². The molecule has 0 saturated carbocycles. The van der Waals surface area contributed by atoms with Crippen molar-refractivity contribution < 1.29 is 0 Å². The Morgan fingerprint density at radius 1 is 1.53 bits per heavy atom. The van der Waals surface area contributed by atoms with Crippen molar-refractivity contribution in [1.29, 1.82) is 0 Å². The molecule has 0 aromatic carbocycles. The van der Waals surface area contributed by atoms with Gasteiger partial charge in [-0.2, -0.15) is 0 Å². The van der Waals surface area contributed by atoms with Gasteiger partial charge in [0.25, 0.3) is 0 Å². The lowest BCUT2D eigenvalue weighted by Gasteiger charge is -2.22. The van der Waals surface area contributed by atoms with Gasteiger partial charge in [-0.05, 0) is 13.0 Å². The first-order valence-corrected chi connectivity index (χ1v) is 6.44. The van der Waals surface area contributed by atoms with Crippen LogP contribution in [-0.4, -0.2) is 27.4 Å². The summed E-state index contributed by atoms with van der Waals surface area (Å²) >= 11 is 1.84.